The Kier molecular flexibility index (Phi) is 5.25. The standard InChI is InChI=1S/C19H22N2O5/c1-3-12-9-17(23)26-15-8-11(2)7-14(18(12)15)25-10-16(22)21-13-5-4-6-20-19(13)24/h7-9,13H,3-6,10H2,1-2H3,(H,20,24)(H,21,22). The molecule has 1 aliphatic rings. The topological polar surface area (TPSA) is 97.6 Å². The molecule has 1 aliphatic heterocycles. The second kappa shape index (κ2) is 7.59. The fourth-order valence-corrected chi connectivity index (χ4v) is 3.15. The van der Waals surface area contributed by atoms with E-state index in [9.17, 15) is 14.4 Å². The fraction of sp³-hybridized carbons (Fsp3) is 0.421. The summed E-state index contributed by atoms with van der Waals surface area (Å²) < 4.78 is 11.0. The minimum Gasteiger partial charge on any atom is -0.483 e. The molecule has 2 heterocycles. The molecule has 7 heteroatoms. The number of amides is 2. The summed E-state index contributed by atoms with van der Waals surface area (Å²) in [5.41, 5.74) is 1.69. The highest BCUT2D eigenvalue weighted by atomic mass is 16.5. The van der Waals surface area contributed by atoms with E-state index in [-0.39, 0.29) is 18.4 Å². The maximum Gasteiger partial charge on any atom is 0.336 e. The van der Waals surface area contributed by atoms with Crippen LogP contribution in [0, 0.1) is 6.92 Å². The summed E-state index contributed by atoms with van der Waals surface area (Å²) in [6.07, 6.45) is 2.09. The third-order valence-corrected chi connectivity index (χ3v) is 4.39. The average Bonchev–Trinajstić information content (AvgIpc) is 2.60. The van der Waals surface area contributed by atoms with Crippen LogP contribution < -0.4 is 21.0 Å². The predicted octanol–water partition coefficient (Wildman–Crippen LogP) is 1.44. The molecule has 0 saturated carbocycles. The molecule has 1 fully saturated rings. The lowest BCUT2D eigenvalue weighted by molar-refractivity contribution is -0.131. The van der Waals surface area contributed by atoms with Crippen molar-refractivity contribution >= 4 is 22.8 Å². The van der Waals surface area contributed by atoms with Crippen molar-refractivity contribution in [3.8, 4) is 5.75 Å². The lowest BCUT2D eigenvalue weighted by atomic mass is 10.0. The number of nitrogens with one attached hydrogen (secondary N) is 2. The van der Waals surface area contributed by atoms with Crippen molar-refractivity contribution < 1.29 is 18.7 Å². The van der Waals surface area contributed by atoms with Gasteiger partial charge in [0.2, 0.25) is 5.91 Å². The molecule has 0 aliphatic carbocycles. The Bertz CT molecular complexity index is 903. The first-order chi connectivity index (χ1) is 12.5. The summed E-state index contributed by atoms with van der Waals surface area (Å²) in [7, 11) is 0. The zero-order chi connectivity index (χ0) is 18.7. The highest BCUT2D eigenvalue weighted by Crippen LogP contribution is 2.30. The molecule has 1 saturated heterocycles. The van der Waals surface area contributed by atoms with Gasteiger partial charge in [-0.3, -0.25) is 9.59 Å². The lowest BCUT2D eigenvalue weighted by Crippen LogP contribution is -2.51. The van der Waals surface area contributed by atoms with Crippen molar-refractivity contribution in [3.63, 3.8) is 0 Å². The van der Waals surface area contributed by atoms with E-state index in [1.54, 1.807) is 6.07 Å². The van der Waals surface area contributed by atoms with Crippen LogP contribution in [0.4, 0.5) is 0 Å². The summed E-state index contributed by atoms with van der Waals surface area (Å²) >= 11 is 0. The smallest absolute Gasteiger partial charge is 0.336 e. The molecule has 7 nitrogen and oxygen atoms in total. The largest absolute Gasteiger partial charge is 0.483 e. The van der Waals surface area contributed by atoms with Crippen LogP contribution in [0.3, 0.4) is 0 Å². The van der Waals surface area contributed by atoms with Crippen LogP contribution in [0.25, 0.3) is 11.0 Å². The van der Waals surface area contributed by atoms with E-state index in [1.165, 1.54) is 6.07 Å². The molecule has 1 unspecified atom stereocenters. The molecule has 2 N–H and O–H groups in total. The average molecular weight is 358 g/mol. The van der Waals surface area contributed by atoms with Crippen LogP contribution in [0.1, 0.15) is 30.9 Å². The first-order valence-corrected chi connectivity index (χ1v) is 8.75. The molecule has 3 rings (SSSR count). The second-order valence-corrected chi connectivity index (χ2v) is 6.42. The molecule has 2 amide bonds. The van der Waals surface area contributed by atoms with Gasteiger partial charge >= 0.3 is 5.63 Å². The van der Waals surface area contributed by atoms with Gasteiger partial charge in [0.25, 0.3) is 5.91 Å². The molecular weight excluding hydrogens is 336 g/mol. The van der Waals surface area contributed by atoms with E-state index >= 15 is 0 Å². The SMILES string of the molecule is CCc1cc(=O)oc2cc(C)cc(OCC(=O)NC3CCCNC3=O)c12. The van der Waals surface area contributed by atoms with Gasteiger partial charge in [0.15, 0.2) is 6.61 Å². The van der Waals surface area contributed by atoms with Gasteiger partial charge in [-0.1, -0.05) is 6.92 Å². The van der Waals surface area contributed by atoms with Gasteiger partial charge in [-0.2, -0.15) is 0 Å². The Morgan fingerprint density at radius 2 is 2.15 bits per heavy atom. The summed E-state index contributed by atoms with van der Waals surface area (Å²) in [5.74, 6) is -0.0402. The highest BCUT2D eigenvalue weighted by molar-refractivity contribution is 5.90. The number of benzene rings is 1. The Labute approximate surface area is 150 Å². The maximum absolute atomic E-state index is 12.2. The van der Waals surface area contributed by atoms with Crippen molar-refractivity contribution in [3.05, 3.63) is 39.7 Å². The number of carbonyl (C=O) groups is 2. The van der Waals surface area contributed by atoms with Gasteiger partial charge in [-0.25, -0.2) is 4.79 Å². The molecule has 0 bridgehead atoms. The third kappa shape index (κ3) is 3.87. The number of rotatable bonds is 5. The zero-order valence-electron chi connectivity index (χ0n) is 14.9. The van der Waals surface area contributed by atoms with E-state index in [2.05, 4.69) is 10.6 Å². The molecule has 0 spiro atoms. The van der Waals surface area contributed by atoms with Gasteiger partial charge in [0.05, 0.1) is 5.39 Å². The van der Waals surface area contributed by atoms with Crippen LogP contribution in [0.15, 0.2) is 27.4 Å². The van der Waals surface area contributed by atoms with Gasteiger partial charge in [0, 0.05) is 12.6 Å². The third-order valence-electron chi connectivity index (χ3n) is 4.39. The van der Waals surface area contributed by atoms with E-state index in [4.69, 9.17) is 9.15 Å². The van der Waals surface area contributed by atoms with E-state index in [0.29, 0.717) is 36.1 Å². The number of fused-ring (bicyclic) bond motifs is 1. The number of aryl methyl sites for hydroxylation is 2. The number of hydrogen-bond acceptors (Lipinski definition) is 5. The maximum atomic E-state index is 12.2. The van der Waals surface area contributed by atoms with E-state index in [1.807, 2.05) is 19.9 Å². The number of piperidine rings is 1. The van der Waals surface area contributed by atoms with Crippen LogP contribution in [-0.2, 0) is 16.0 Å². The van der Waals surface area contributed by atoms with Crippen LogP contribution in [0.5, 0.6) is 5.75 Å². The van der Waals surface area contributed by atoms with Crippen molar-refractivity contribution in [1.82, 2.24) is 10.6 Å². The quantitative estimate of drug-likeness (QED) is 0.788. The Morgan fingerprint density at radius 1 is 1.35 bits per heavy atom. The Morgan fingerprint density at radius 3 is 2.88 bits per heavy atom. The second-order valence-electron chi connectivity index (χ2n) is 6.42. The first kappa shape index (κ1) is 18.0. The summed E-state index contributed by atoms with van der Waals surface area (Å²) in [5, 5.41) is 6.11. The van der Waals surface area contributed by atoms with Crippen LogP contribution in [-0.4, -0.2) is 31.0 Å². The molecule has 1 aromatic heterocycles. The number of ether oxygens (including phenoxy) is 1. The van der Waals surface area contributed by atoms with Gasteiger partial charge < -0.3 is 19.8 Å². The predicted molar refractivity (Wildman–Crippen MR) is 96.3 cm³/mol. The fourth-order valence-electron chi connectivity index (χ4n) is 3.15. The summed E-state index contributed by atoms with van der Waals surface area (Å²) in [6.45, 7) is 4.22. The summed E-state index contributed by atoms with van der Waals surface area (Å²) in [6, 6.07) is 4.51. The van der Waals surface area contributed by atoms with E-state index < -0.39 is 11.7 Å². The van der Waals surface area contributed by atoms with E-state index in [0.717, 1.165) is 17.5 Å². The molecule has 26 heavy (non-hydrogen) atoms. The van der Waals surface area contributed by atoms with Crippen molar-refractivity contribution in [2.75, 3.05) is 13.2 Å². The molecule has 138 valence electrons. The molecule has 2 aromatic rings. The van der Waals surface area contributed by atoms with Gasteiger partial charge in [-0.05, 0) is 49.4 Å². The van der Waals surface area contributed by atoms with Crippen molar-refractivity contribution in [2.24, 2.45) is 0 Å². The minimum absolute atomic E-state index is 0.166. The van der Waals surface area contributed by atoms with Crippen molar-refractivity contribution in [2.45, 2.75) is 39.2 Å². The Balaban J connectivity index is 1.79. The van der Waals surface area contributed by atoms with Gasteiger partial charge in [0.1, 0.15) is 17.4 Å². The minimum atomic E-state index is -0.515. The highest BCUT2D eigenvalue weighted by Gasteiger charge is 2.23. The van der Waals surface area contributed by atoms with Crippen molar-refractivity contribution in [1.29, 1.82) is 0 Å². The lowest BCUT2D eigenvalue weighted by Gasteiger charge is -2.22. The monoisotopic (exact) mass is 358 g/mol. The number of hydrogen-bond donors (Lipinski definition) is 2. The zero-order valence-corrected chi connectivity index (χ0v) is 14.9. The molecule has 0 radical (unpaired) electrons. The molecule has 1 aromatic carbocycles. The van der Waals surface area contributed by atoms with Crippen LogP contribution >= 0.6 is 0 Å². The number of carbonyl (C=O) groups excluding carboxylic acids is 2. The normalized spacial score (nSPS) is 17.0. The molecular formula is C19H22N2O5. The first-order valence-electron chi connectivity index (χ1n) is 8.75. The Hall–Kier alpha value is -2.83. The van der Waals surface area contributed by atoms with Crippen LogP contribution in [0.2, 0.25) is 0 Å². The van der Waals surface area contributed by atoms with Gasteiger partial charge in [-0.15, -0.1) is 0 Å². The molecule has 1 atom stereocenters. The summed E-state index contributed by atoms with van der Waals surface area (Å²) in [4.78, 5) is 35.6.